The number of hydrogen-bond acceptors (Lipinski definition) is 7. The van der Waals surface area contributed by atoms with Crippen molar-refractivity contribution in [3.05, 3.63) is 28.9 Å². The maximum atomic E-state index is 13.7. The Bertz CT molecular complexity index is 941. The Balaban J connectivity index is 1.87. The lowest BCUT2D eigenvalue weighted by Crippen LogP contribution is -2.59. The molecule has 0 radical (unpaired) electrons. The van der Waals surface area contributed by atoms with E-state index in [0.717, 1.165) is 17.3 Å². The molecule has 3 rings (SSSR count). The zero-order chi connectivity index (χ0) is 24.7. The third-order valence-corrected chi connectivity index (χ3v) is 6.22. The number of carbonyl (C=O) groups is 1. The van der Waals surface area contributed by atoms with E-state index in [1.165, 1.54) is 0 Å². The van der Waals surface area contributed by atoms with Crippen molar-refractivity contribution in [1.82, 2.24) is 15.3 Å². The number of nitrogens with two attached hydrogens (primary N) is 1. The zero-order valence-corrected chi connectivity index (χ0v) is 19.3. The van der Waals surface area contributed by atoms with Crippen LogP contribution in [-0.4, -0.2) is 51.7 Å². The second-order valence-corrected chi connectivity index (χ2v) is 9.37. The summed E-state index contributed by atoms with van der Waals surface area (Å²) in [5.41, 5.74) is 2.63. The monoisotopic (exact) mass is 468 g/mol. The van der Waals surface area contributed by atoms with Gasteiger partial charge in [0.1, 0.15) is 17.5 Å². The van der Waals surface area contributed by atoms with Crippen LogP contribution in [0, 0.1) is 11.3 Å². The van der Waals surface area contributed by atoms with Crippen LogP contribution >= 0.6 is 0 Å². The SMILES string of the molecule is CC(C)c1cc(N2CCC(C(N)=C3C(=N)NC(=O)CC3(O)C(F)(F)F)CC2)nc(C(C)C)n1. The summed E-state index contributed by atoms with van der Waals surface area (Å²) in [5, 5.41) is 20.4. The predicted molar refractivity (Wildman–Crippen MR) is 118 cm³/mol. The minimum absolute atomic E-state index is 0.146. The molecule has 182 valence electrons. The lowest BCUT2D eigenvalue weighted by atomic mass is 9.79. The van der Waals surface area contributed by atoms with Crippen molar-refractivity contribution < 1.29 is 23.1 Å². The van der Waals surface area contributed by atoms with E-state index in [1.54, 1.807) is 0 Å². The number of amidine groups is 1. The predicted octanol–water partition coefficient (Wildman–Crippen LogP) is 2.94. The number of piperidine rings is 2. The first-order chi connectivity index (χ1) is 15.2. The lowest BCUT2D eigenvalue weighted by molar-refractivity contribution is -0.244. The first-order valence-corrected chi connectivity index (χ1v) is 11.1. The number of nitrogens with zero attached hydrogens (tertiary/aromatic N) is 3. The molecule has 2 saturated heterocycles. The van der Waals surface area contributed by atoms with E-state index >= 15 is 0 Å². The van der Waals surface area contributed by atoms with Crippen LogP contribution in [0.1, 0.15) is 70.3 Å². The summed E-state index contributed by atoms with van der Waals surface area (Å²) in [5.74, 6) is -0.478. The van der Waals surface area contributed by atoms with Gasteiger partial charge in [-0.05, 0) is 18.8 Å². The van der Waals surface area contributed by atoms with Crippen LogP contribution < -0.4 is 16.0 Å². The molecule has 1 aromatic heterocycles. The van der Waals surface area contributed by atoms with Crippen LogP contribution in [0.15, 0.2) is 17.3 Å². The number of aromatic nitrogens is 2. The van der Waals surface area contributed by atoms with Crippen molar-refractivity contribution in [1.29, 1.82) is 5.41 Å². The van der Waals surface area contributed by atoms with Gasteiger partial charge in [0.15, 0.2) is 5.60 Å². The van der Waals surface area contributed by atoms with E-state index in [1.807, 2.05) is 19.9 Å². The van der Waals surface area contributed by atoms with E-state index in [-0.39, 0.29) is 17.5 Å². The quantitative estimate of drug-likeness (QED) is 0.538. The lowest BCUT2D eigenvalue weighted by Gasteiger charge is -2.39. The van der Waals surface area contributed by atoms with Gasteiger partial charge in [-0.3, -0.25) is 10.2 Å². The minimum Gasteiger partial charge on any atom is -0.401 e. The molecule has 1 atom stereocenters. The Morgan fingerprint density at radius 2 is 1.85 bits per heavy atom. The molecule has 0 bridgehead atoms. The Morgan fingerprint density at radius 3 is 2.36 bits per heavy atom. The Morgan fingerprint density at radius 1 is 1.24 bits per heavy atom. The number of hydrogen-bond donors (Lipinski definition) is 4. The number of halogens is 3. The van der Waals surface area contributed by atoms with E-state index in [9.17, 15) is 23.1 Å². The molecular formula is C22H31F3N6O2. The largest absolute Gasteiger partial charge is 0.422 e. The average molecular weight is 469 g/mol. The molecule has 2 aliphatic rings. The molecular weight excluding hydrogens is 437 g/mol. The maximum Gasteiger partial charge on any atom is 0.422 e. The summed E-state index contributed by atoms with van der Waals surface area (Å²) in [4.78, 5) is 23.0. The molecule has 1 amide bonds. The van der Waals surface area contributed by atoms with Gasteiger partial charge >= 0.3 is 6.18 Å². The van der Waals surface area contributed by atoms with Crippen molar-refractivity contribution in [3.8, 4) is 0 Å². The number of nitrogens with one attached hydrogen (secondary N) is 2. The summed E-state index contributed by atoms with van der Waals surface area (Å²) in [6.07, 6.45) is -5.52. The Kier molecular flexibility index (Phi) is 6.74. The van der Waals surface area contributed by atoms with E-state index in [4.69, 9.17) is 11.1 Å². The van der Waals surface area contributed by atoms with Crippen LogP contribution in [0.4, 0.5) is 19.0 Å². The number of rotatable bonds is 4. The Hall–Kier alpha value is -2.69. The highest BCUT2D eigenvalue weighted by molar-refractivity contribution is 6.11. The number of amides is 1. The topological polar surface area (TPSA) is 128 Å². The van der Waals surface area contributed by atoms with Gasteiger partial charge < -0.3 is 21.1 Å². The molecule has 5 N–H and O–H groups in total. The van der Waals surface area contributed by atoms with Gasteiger partial charge in [0, 0.05) is 42.4 Å². The Labute approximate surface area is 191 Å². The fraction of sp³-hybridized carbons (Fsp3) is 0.636. The second-order valence-electron chi connectivity index (χ2n) is 9.37. The van der Waals surface area contributed by atoms with Gasteiger partial charge in [0.2, 0.25) is 5.91 Å². The molecule has 2 aliphatic heterocycles. The van der Waals surface area contributed by atoms with Crippen molar-refractivity contribution >= 4 is 17.6 Å². The fourth-order valence-corrected chi connectivity index (χ4v) is 4.21. The van der Waals surface area contributed by atoms with Gasteiger partial charge in [-0.2, -0.15) is 13.2 Å². The first-order valence-electron chi connectivity index (χ1n) is 11.1. The number of carbonyl (C=O) groups excluding carboxylic acids is 1. The molecule has 2 fully saturated rings. The van der Waals surface area contributed by atoms with Crippen LogP contribution in [0.25, 0.3) is 0 Å². The standard InChI is InChI=1S/C22H31F3N6O2/c1-11(2)14-9-15(29-20(28-14)12(3)4)31-7-5-13(6-8-31)18(26)17-19(27)30-16(32)10-21(17,33)22(23,24)25/h9,11-13,33H,5-8,10,26H2,1-4H3,(H2,27,30,32). The van der Waals surface area contributed by atoms with Gasteiger partial charge in [-0.15, -0.1) is 0 Å². The number of alkyl halides is 3. The molecule has 0 saturated carbocycles. The van der Waals surface area contributed by atoms with Gasteiger partial charge in [-0.1, -0.05) is 27.7 Å². The molecule has 1 aromatic rings. The highest BCUT2D eigenvalue weighted by Crippen LogP contribution is 2.43. The molecule has 0 aliphatic carbocycles. The van der Waals surface area contributed by atoms with E-state index < -0.39 is 41.4 Å². The summed E-state index contributed by atoms with van der Waals surface area (Å²) >= 11 is 0. The number of aliphatic hydroxyl groups is 1. The summed E-state index contributed by atoms with van der Waals surface area (Å²) in [6, 6.07) is 1.94. The van der Waals surface area contributed by atoms with E-state index in [0.29, 0.717) is 25.9 Å². The summed E-state index contributed by atoms with van der Waals surface area (Å²) in [7, 11) is 0. The highest BCUT2D eigenvalue weighted by atomic mass is 19.4. The van der Waals surface area contributed by atoms with Crippen LogP contribution in [0.5, 0.6) is 0 Å². The number of allylic oxidation sites excluding steroid dienone is 1. The molecule has 1 unspecified atom stereocenters. The maximum absolute atomic E-state index is 13.7. The molecule has 3 heterocycles. The third-order valence-electron chi connectivity index (χ3n) is 6.22. The van der Waals surface area contributed by atoms with E-state index in [2.05, 4.69) is 34.0 Å². The number of anilines is 1. The zero-order valence-electron chi connectivity index (χ0n) is 19.3. The van der Waals surface area contributed by atoms with Crippen molar-refractivity contribution in [2.45, 2.75) is 70.6 Å². The molecule has 0 aromatic carbocycles. The summed E-state index contributed by atoms with van der Waals surface area (Å²) in [6.45, 7) is 9.12. The van der Waals surface area contributed by atoms with Crippen molar-refractivity contribution in [2.75, 3.05) is 18.0 Å². The fourth-order valence-electron chi connectivity index (χ4n) is 4.21. The normalized spacial score (nSPS) is 24.5. The van der Waals surface area contributed by atoms with Crippen LogP contribution in [0.2, 0.25) is 0 Å². The highest BCUT2D eigenvalue weighted by Gasteiger charge is 2.61. The van der Waals surface area contributed by atoms with Crippen molar-refractivity contribution in [2.24, 2.45) is 11.7 Å². The second kappa shape index (κ2) is 8.92. The molecule has 11 heteroatoms. The molecule has 0 spiro atoms. The van der Waals surface area contributed by atoms with Crippen LogP contribution in [0.3, 0.4) is 0 Å². The van der Waals surface area contributed by atoms with Gasteiger partial charge in [0.25, 0.3) is 0 Å². The molecule has 33 heavy (non-hydrogen) atoms. The third kappa shape index (κ3) is 4.83. The first kappa shape index (κ1) is 24.9. The smallest absolute Gasteiger partial charge is 0.401 e. The van der Waals surface area contributed by atoms with Crippen molar-refractivity contribution in [3.63, 3.8) is 0 Å². The minimum atomic E-state index is -5.14. The van der Waals surface area contributed by atoms with Crippen LogP contribution in [-0.2, 0) is 4.79 Å². The van der Waals surface area contributed by atoms with Gasteiger partial charge in [-0.25, -0.2) is 9.97 Å². The summed E-state index contributed by atoms with van der Waals surface area (Å²) < 4.78 is 41.1. The average Bonchev–Trinajstić information content (AvgIpc) is 2.71. The molecule has 8 nitrogen and oxygen atoms in total. The van der Waals surface area contributed by atoms with Gasteiger partial charge in [0.05, 0.1) is 12.0 Å².